The Bertz CT molecular complexity index is 543. The number of halogens is 4. The highest BCUT2D eigenvalue weighted by atomic mass is 79.9. The molecule has 0 amide bonds. The molecule has 106 valence electrons. The predicted octanol–water partition coefficient (Wildman–Crippen LogP) is 3.25. The van der Waals surface area contributed by atoms with E-state index in [1.54, 1.807) is 30.3 Å². The molecule has 0 atom stereocenters. The van der Waals surface area contributed by atoms with E-state index >= 15 is 0 Å². The van der Waals surface area contributed by atoms with E-state index in [-0.39, 0.29) is 11.0 Å². The number of nitrogens with zero attached hydrogens (tertiary/aromatic N) is 1. The molecule has 1 aromatic rings. The first kappa shape index (κ1) is 16.2. The van der Waals surface area contributed by atoms with Gasteiger partial charge in [0, 0.05) is 17.6 Å². The van der Waals surface area contributed by atoms with Gasteiger partial charge < -0.3 is 0 Å². The van der Waals surface area contributed by atoms with E-state index in [2.05, 4.69) is 22.5 Å². The fourth-order valence-electron chi connectivity index (χ4n) is 1.35. The fraction of sp³-hybridized carbons (Fsp3) is 0.273. The second kappa shape index (κ2) is 6.06. The summed E-state index contributed by atoms with van der Waals surface area (Å²) in [5.41, 5.74) is -4.87. The van der Waals surface area contributed by atoms with E-state index < -0.39 is 22.1 Å². The van der Waals surface area contributed by atoms with Crippen LogP contribution in [-0.4, -0.2) is 24.8 Å². The van der Waals surface area contributed by atoms with Crippen molar-refractivity contribution in [2.75, 3.05) is 6.54 Å². The van der Waals surface area contributed by atoms with E-state index in [0.717, 1.165) is 0 Å². The molecule has 0 aromatic heterocycles. The molecule has 8 heteroatoms. The van der Waals surface area contributed by atoms with Crippen LogP contribution in [0.5, 0.6) is 0 Å². The van der Waals surface area contributed by atoms with Crippen LogP contribution in [0.4, 0.5) is 13.2 Å². The molecule has 0 heterocycles. The second-order valence-corrected chi connectivity index (χ2v) is 6.77. The van der Waals surface area contributed by atoms with Crippen molar-refractivity contribution in [3.05, 3.63) is 47.0 Å². The van der Waals surface area contributed by atoms with Gasteiger partial charge >= 0.3 is 15.5 Å². The summed E-state index contributed by atoms with van der Waals surface area (Å²) in [5, 5.41) is 0. The number of benzene rings is 1. The van der Waals surface area contributed by atoms with Crippen LogP contribution >= 0.6 is 15.9 Å². The molecule has 0 spiro atoms. The summed E-state index contributed by atoms with van der Waals surface area (Å²) in [6.07, 6.45) is 0. The van der Waals surface area contributed by atoms with Crippen LogP contribution in [0.15, 0.2) is 41.4 Å². The molecule has 19 heavy (non-hydrogen) atoms. The average molecular weight is 358 g/mol. The molecule has 1 aromatic carbocycles. The van der Waals surface area contributed by atoms with Gasteiger partial charge in [-0.15, -0.1) is 0 Å². The van der Waals surface area contributed by atoms with Gasteiger partial charge in [0.2, 0.25) is 0 Å². The normalized spacial score (nSPS) is 12.7. The maximum atomic E-state index is 12.6. The van der Waals surface area contributed by atoms with Crippen LogP contribution in [0.1, 0.15) is 5.56 Å². The van der Waals surface area contributed by atoms with Crippen molar-refractivity contribution < 1.29 is 21.6 Å². The lowest BCUT2D eigenvalue weighted by atomic mass is 10.2. The first-order chi connectivity index (χ1) is 8.64. The third-order valence-electron chi connectivity index (χ3n) is 2.18. The highest BCUT2D eigenvalue weighted by Crippen LogP contribution is 2.29. The molecular weight excluding hydrogens is 347 g/mol. The van der Waals surface area contributed by atoms with Crippen LogP contribution in [0.3, 0.4) is 0 Å². The van der Waals surface area contributed by atoms with E-state index in [0.29, 0.717) is 9.87 Å². The van der Waals surface area contributed by atoms with Gasteiger partial charge in [-0.25, -0.2) is 8.42 Å². The third kappa shape index (κ3) is 4.32. The molecule has 3 nitrogen and oxygen atoms in total. The quantitative estimate of drug-likeness (QED) is 0.811. The minimum absolute atomic E-state index is 0.149. The van der Waals surface area contributed by atoms with E-state index in [1.807, 2.05) is 0 Å². The first-order valence-corrected chi connectivity index (χ1v) is 7.31. The number of hydrogen-bond donors (Lipinski definition) is 0. The Morgan fingerprint density at radius 1 is 1.26 bits per heavy atom. The lowest BCUT2D eigenvalue weighted by Gasteiger charge is -2.23. The molecule has 0 aliphatic carbocycles. The van der Waals surface area contributed by atoms with E-state index in [9.17, 15) is 21.6 Å². The van der Waals surface area contributed by atoms with Crippen molar-refractivity contribution in [3.8, 4) is 0 Å². The average Bonchev–Trinajstić information content (AvgIpc) is 2.27. The Kier molecular flexibility index (Phi) is 5.17. The van der Waals surface area contributed by atoms with Crippen molar-refractivity contribution in [3.63, 3.8) is 0 Å². The molecule has 0 saturated heterocycles. The van der Waals surface area contributed by atoms with Crippen molar-refractivity contribution >= 4 is 26.0 Å². The highest BCUT2D eigenvalue weighted by Gasteiger charge is 2.49. The maximum absolute atomic E-state index is 12.6. The summed E-state index contributed by atoms with van der Waals surface area (Å²) in [6.45, 7) is 2.56. The Hall–Kier alpha value is -0.860. The van der Waals surface area contributed by atoms with Crippen LogP contribution < -0.4 is 0 Å². The van der Waals surface area contributed by atoms with Crippen LogP contribution in [0.25, 0.3) is 0 Å². The minimum atomic E-state index is -5.39. The minimum Gasteiger partial charge on any atom is -0.203 e. The fourth-order valence-corrected chi connectivity index (χ4v) is 2.76. The Morgan fingerprint density at radius 2 is 1.79 bits per heavy atom. The smallest absolute Gasteiger partial charge is 0.203 e. The van der Waals surface area contributed by atoms with Gasteiger partial charge in [-0.05, 0) is 5.56 Å². The van der Waals surface area contributed by atoms with Crippen molar-refractivity contribution in [2.24, 2.45) is 0 Å². The van der Waals surface area contributed by atoms with Gasteiger partial charge in [-0.2, -0.15) is 17.5 Å². The Balaban J connectivity index is 3.06. The molecule has 0 aliphatic heterocycles. The van der Waals surface area contributed by atoms with Crippen LogP contribution in [-0.2, 0) is 16.6 Å². The zero-order chi connectivity index (χ0) is 14.7. The third-order valence-corrected chi connectivity index (χ3v) is 3.96. The van der Waals surface area contributed by atoms with Gasteiger partial charge in [0.1, 0.15) is 0 Å². The summed E-state index contributed by atoms with van der Waals surface area (Å²) in [4.78, 5) is 0. The molecule has 0 N–H and O–H groups in total. The van der Waals surface area contributed by atoms with E-state index in [4.69, 9.17) is 0 Å². The largest absolute Gasteiger partial charge is 0.511 e. The number of alkyl halides is 3. The molecule has 0 unspecified atom stereocenters. The zero-order valence-electron chi connectivity index (χ0n) is 9.69. The zero-order valence-corrected chi connectivity index (χ0v) is 12.1. The molecule has 0 saturated carbocycles. The van der Waals surface area contributed by atoms with Gasteiger partial charge in [-0.3, -0.25) is 0 Å². The molecular formula is C11H11BrF3NO2S. The van der Waals surface area contributed by atoms with Crippen molar-refractivity contribution in [1.82, 2.24) is 4.31 Å². The van der Waals surface area contributed by atoms with Crippen molar-refractivity contribution in [2.45, 2.75) is 12.1 Å². The lowest BCUT2D eigenvalue weighted by molar-refractivity contribution is -0.0488. The van der Waals surface area contributed by atoms with Gasteiger partial charge in [-0.1, -0.05) is 52.8 Å². The first-order valence-electron chi connectivity index (χ1n) is 5.08. The molecule has 0 bridgehead atoms. The molecule has 1 rings (SSSR count). The monoisotopic (exact) mass is 357 g/mol. The summed E-state index contributed by atoms with van der Waals surface area (Å²) in [5.74, 6) is 0. The number of hydrogen-bond acceptors (Lipinski definition) is 2. The van der Waals surface area contributed by atoms with E-state index in [1.165, 1.54) is 0 Å². The molecule has 0 radical (unpaired) electrons. The topological polar surface area (TPSA) is 37.4 Å². The predicted molar refractivity (Wildman–Crippen MR) is 69.9 cm³/mol. The number of rotatable bonds is 5. The van der Waals surface area contributed by atoms with Gasteiger partial charge in [0.15, 0.2) is 0 Å². The summed E-state index contributed by atoms with van der Waals surface area (Å²) < 4.78 is 61.0. The summed E-state index contributed by atoms with van der Waals surface area (Å²) >= 11 is 2.88. The van der Waals surface area contributed by atoms with Crippen LogP contribution in [0, 0.1) is 0 Å². The van der Waals surface area contributed by atoms with Gasteiger partial charge in [0.25, 0.3) is 0 Å². The SMILES string of the molecule is C=C(Br)CN(Cc1ccccc1)S(=O)(=O)C(F)(F)F. The summed E-state index contributed by atoms with van der Waals surface area (Å²) in [6, 6.07) is 8.04. The van der Waals surface area contributed by atoms with Crippen molar-refractivity contribution in [1.29, 1.82) is 0 Å². The van der Waals surface area contributed by atoms with Gasteiger partial charge in [0.05, 0.1) is 0 Å². The maximum Gasteiger partial charge on any atom is 0.511 e. The summed E-state index contributed by atoms with van der Waals surface area (Å²) in [7, 11) is -5.39. The molecule has 0 fully saturated rings. The Labute approximate surface area is 117 Å². The standard InChI is InChI=1S/C11H11BrF3NO2S/c1-9(12)7-16(19(17,18)11(13,14)15)8-10-5-3-2-4-6-10/h2-6H,1,7-8H2. The highest BCUT2D eigenvalue weighted by molar-refractivity contribution is 9.11. The number of sulfonamides is 1. The second-order valence-electron chi connectivity index (χ2n) is 3.72. The molecule has 0 aliphatic rings. The Morgan fingerprint density at radius 3 is 2.21 bits per heavy atom. The lowest BCUT2D eigenvalue weighted by Crippen LogP contribution is -2.40. The van der Waals surface area contributed by atoms with Crippen LogP contribution in [0.2, 0.25) is 0 Å².